The number of methoxy groups -OCH3 is 1. The first kappa shape index (κ1) is 15.6. The van der Waals surface area contributed by atoms with Gasteiger partial charge in [0.05, 0.1) is 18.8 Å². The molecule has 9 atom stereocenters. The first-order chi connectivity index (χ1) is 10.0. The van der Waals surface area contributed by atoms with Gasteiger partial charge in [-0.2, -0.15) is 0 Å². The molecule has 122 valence electrons. The van der Waals surface area contributed by atoms with E-state index in [1.807, 2.05) is 6.92 Å². The van der Waals surface area contributed by atoms with Crippen molar-refractivity contribution in [2.75, 3.05) is 13.7 Å². The van der Waals surface area contributed by atoms with Crippen LogP contribution in [0.2, 0.25) is 0 Å². The lowest BCUT2D eigenvalue weighted by atomic mass is 9.94. The van der Waals surface area contributed by atoms with Crippen LogP contribution in [0.4, 0.5) is 0 Å². The van der Waals surface area contributed by atoms with E-state index in [0.717, 1.165) is 0 Å². The molecule has 0 aromatic carbocycles. The van der Waals surface area contributed by atoms with E-state index in [1.54, 1.807) is 7.11 Å². The third-order valence-electron chi connectivity index (χ3n) is 4.33. The zero-order chi connectivity index (χ0) is 15.1. The lowest BCUT2D eigenvalue weighted by Crippen LogP contribution is -2.67. The van der Waals surface area contributed by atoms with Crippen LogP contribution in [0, 0.1) is 0 Å². The van der Waals surface area contributed by atoms with Crippen molar-refractivity contribution in [1.29, 1.82) is 0 Å². The van der Waals surface area contributed by atoms with Gasteiger partial charge in [-0.15, -0.1) is 0 Å². The van der Waals surface area contributed by atoms with Crippen LogP contribution in [0.15, 0.2) is 0 Å². The van der Waals surface area contributed by atoms with Gasteiger partial charge < -0.3 is 39.0 Å². The molecule has 3 saturated heterocycles. The van der Waals surface area contributed by atoms with Gasteiger partial charge in [0, 0.05) is 13.5 Å². The summed E-state index contributed by atoms with van der Waals surface area (Å²) >= 11 is 0. The summed E-state index contributed by atoms with van der Waals surface area (Å²) in [6.07, 6.45) is -5.76. The van der Waals surface area contributed by atoms with Crippen molar-refractivity contribution < 1.29 is 39.0 Å². The molecule has 0 bridgehead atoms. The molecule has 8 heteroatoms. The predicted octanol–water partition coefficient (Wildman–Crippen LogP) is -1.64. The minimum Gasteiger partial charge on any atom is -0.394 e. The molecule has 3 heterocycles. The van der Waals surface area contributed by atoms with Gasteiger partial charge in [0.1, 0.15) is 30.5 Å². The Bertz CT molecular complexity index is 366. The Morgan fingerprint density at radius 1 is 1.05 bits per heavy atom. The average Bonchev–Trinajstić information content (AvgIpc) is 2.49. The molecule has 0 unspecified atom stereocenters. The Morgan fingerprint density at radius 3 is 2.48 bits per heavy atom. The van der Waals surface area contributed by atoms with E-state index in [9.17, 15) is 15.3 Å². The van der Waals surface area contributed by atoms with E-state index in [1.165, 1.54) is 0 Å². The summed E-state index contributed by atoms with van der Waals surface area (Å²) in [4.78, 5) is 0. The number of rotatable bonds is 2. The van der Waals surface area contributed by atoms with Gasteiger partial charge in [0.25, 0.3) is 0 Å². The minimum absolute atomic E-state index is 0.255. The van der Waals surface area contributed by atoms with Gasteiger partial charge in [-0.05, 0) is 6.92 Å². The maximum atomic E-state index is 10.1. The second-order valence-corrected chi connectivity index (χ2v) is 5.69. The van der Waals surface area contributed by atoms with Crippen molar-refractivity contribution in [1.82, 2.24) is 0 Å². The zero-order valence-electron chi connectivity index (χ0n) is 12.0. The van der Waals surface area contributed by atoms with Gasteiger partial charge in [-0.1, -0.05) is 0 Å². The Kier molecular flexibility index (Phi) is 4.49. The molecule has 0 radical (unpaired) electrons. The van der Waals surface area contributed by atoms with E-state index < -0.39 is 43.6 Å². The van der Waals surface area contributed by atoms with Crippen LogP contribution in [-0.4, -0.2) is 84.3 Å². The van der Waals surface area contributed by atoms with E-state index in [2.05, 4.69) is 0 Å². The number of fused-ring (bicyclic) bond motifs is 2. The Morgan fingerprint density at radius 2 is 1.81 bits per heavy atom. The Hall–Kier alpha value is -0.320. The third kappa shape index (κ3) is 2.71. The summed E-state index contributed by atoms with van der Waals surface area (Å²) in [5.74, 6) is 0. The van der Waals surface area contributed by atoms with Crippen molar-refractivity contribution >= 4 is 0 Å². The summed E-state index contributed by atoms with van der Waals surface area (Å²) in [6.45, 7) is 1.45. The van der Waals surface area contributed by atoms with Crippen LogP contribution in [0.25, 0.3) is 0 Å². The molecule has 21 heavy (non-hydrogen) atoms. The number of hydrogen-bond donors (Lipinski definition) is 3. The van der Waals surface area contributed by atoms with Gasteiger partial charge >= 0.3 is 0 Å². The average molecular weight is 306 g/mol. The zero-order valence-corrected chi connectivity index (χ0v) is 12.0. The molecule has 3 fully saturated rings. The van der Waals surface area contributed by atoms with E-state index in [4.69, 9.17) is 23.7 Å². The number of aliphatic hydroxyl groups excluding tert-OH is 3. The summed E-state index contributed by atoms with van der Waals surface area (Å²) < 4.78 is 28.0. The summed E-state index contributed by atoms with van der Waals surface area (Å²) in [6, 6.07) is 0. The molecule has 0 aromatic heterocycles. The predicted molar refractivity (Wildman–Crippen MR) is 67.3 cm³/mol. The van der Waals surface area contributed by atoms with Crippen LogP contribution in [0.3, 0.4) is 0 Å². The Balaban J connectivity index is 1.74. The highest BCUT2D eigenvalue weighted by Crippen LogP contribution is 2.36. The first-order valence-electron chi connectivity index (χ1n) is 7.16. The van der Waals surface area contributed by atoms with Crippen molar-refractivity contribution in [2.45, 2.75) is 68.7 Å². The Labute approximate surface area is 122 Å². The molecular formula is C13H22O8. The number of ether oxygens (including phenoxy) is 5. The maximum absolute atomic E-state index is 10.1. The van der Waals surface area contributed by atoms with Crippen LogP contribution in [0.1, 0.15) is 13.3 Å². The normalized spacial score (nSPS) is 53.9. The topological polar surface area (TPSA) is 107 Å². The van der Waals surface area contributed by atoms with E-state index >= 15 is 0 Å². The standard InChI is InChI=1S/C13H22O8/c1-5-11-6(3-8(17-2)18-5)19-12-10(16)9(15)7(4-14)20-13(12)21-11/h5-16H,3-4H2,1-2H3/t5-,6-,7+,8-,9+,10-,11-,12+,13-/m0/s1. The van der Waals surface area contributed by atoms with Crippen LogP contribution in [0.5, 0.6) is 0 Å². The largest absolute Gasteiger partial charge is 0.394 e. The molecule has 0 spiro atoms. The van der Waals surface area contributed by atoms with Crippen LogP contribution >= 0.6 is 0 Å². The minimum atomic E-state index is -1.22. The van der Waals surface area contributed by atoms with E-state index in [0.29, 0.717) is 6.42 Å². The molecule has 3 aliphatic heterocycles. The maximum Gasteiger partial charge on any atom is 0.187 e. The van der Waals surface area contributed by atoms with Crippen molar-refractivity contribution in [3.05, 3.63) is 0 Å². The summed E-state index contributed by atoms with van der Waals surface area (Å²) in [5, 5.41) is 29.2. The number of aliphatic hydroxyl groups is 3. The molecule has 0 aromatic rings. The number of hydrogen-bond acceptors (Lipinski definition) is 8. The fraction of sp³-hybridized carbons (Fsp3) is 1.00. The van der Waals surface area contributed by atoms with Crippen LogP contribution in [-0.2, 0) is 23.7 Å². The molecule has 3 rings (SSSR count). The van der Waals surface area contributed by atoms with Crippen molar-refractivity contribution in [2.24, 2.45) is 0 Å². The molecule has 0 amide bonds. The van der Waals surface area contributed by atoms with Crippen molar-refractivity contribution in [3.8, 4) is 0 Å². The molecule has 0 saturated carbocycles. The first-order valence-corrected chi connectivity index (χ1v) is 7.16. The SMILES string of the molecule is CO[C@@H]1C[C@@H]2O[C@H]3[C@H](O[C@H]2[C@H](C)O1)O[C@H](CO)[C@@H](O)[C@@H]3O. The fourth-order valence-electron chi connectivity index (χ4n) is 3.15. The smallest absolute Gasteiger partial charge is 0.187 e. The molecular weight excluding hydrogens is 284 g/mol. The molecule has 8 nitrogen and oxygen atoms in total. The van der Waals surface area contributed by atoms with Gasteiger partial charge in [0.2, 0.25) is 0 Å². The summed E-state index contributed by atoms with van der Waals surface area (Å²) in [7, 11) is 1.55. The quantitative estimate of drug-likeness (QED) is 0.558. The highest BCUT2D eigenvalue weighted by atomic mass is 16.8. The van der Waals surface area contributed by atoms with Crippen molar-refractivity contribution in [3.63, 3.8) is 0 Å². The second kappa shape index (κ2) is 6.05. The lowest BCUT2D eigenvalue weighted by molar-refractivity contribution is -0.394. The van der Waals surface area contributed by atoms with Gasteiger partial charge in [0.15, 0.2) is 12.6 Å². The highest BCUT2D eigenvalue weighted by Gasteiger charge is 2.54. The third-order valence-corrected chi connectivity index (χ3v) is 4.33. The molecule has 0 aliphatic carbocycles. The molecule has 3 aliphatic rings. The van der Waals surface area contributed by atoms with Gasteiger partial charge in [-0.25, -0.2) is 0 Å². The van der Waals surface area contributed by atoms with Crippen LogP contribution < -0.4 is 0 Å². The van der Waals surface area contributed by atoms with E-state index in [-0.39, 0.29) is 18.3 Å². The fourth-order valence-corrected chi connectivity index (χ4v) is 3.15. The summed E-state index contributed by atoms with van der Waals surface area (Å²) in [5.41, 5.74) is 0. The molecule has 3 N–H and O–H groups in total. The lowest BCUT2D eigenvalue weighted by Gasteiger charge is -2.51. The van der Waals surface area contributed by atoms with Gasteiger partial charge in [-0.3, -0.25) is 0 Å². The second-order valence-electron chi connectivity index (χ2n) is 5.69. The highest BCUT2D eigenvalue weighted by molar-refractivity contribution is 4.96. The monoisotopic (exact) mass is 306 g/mol.